The maximum Gasteiger partial charge on any atom is 0.142 e. The molecule has 0 amide bonds. The van der Waals surface area contributed by atoms with E-state index in [-0.39, 0.29) is 6.04 Å². The second-order valence-electron chi connectivity index (χ2n) is 6.17. The molecule has 0 radical (unpaired) electrons. The number of fused-ring (bicyclic) bond motifs is 3. The monoisotopic (exact) mass is 307 g/mol. The van der Waals surface area contributed by atoms with Crippen molar-refractivity contribution < 1.29 is 9.47 Å². The molecule has 1 aliphatic carbocycles. The van der Waals surface area contributed by atoms with Gasteiger partial charge in [-0.2, -0.15) is 0 Å². The minimum absolute atomic E-state index is 0.282. The largest absolute Gasteiger partial charge is 0.497 e. The van der Waals surface area contributed by atoms with Gasteiger partial charge < -0.3 is 14.8 Å². The number of methoxy groups -OCH3 is 2. The molecule has 2 aromatic carbocycles. The number of allylic oxidation sites excluding steroid dienone is 2. The van der Waals surface area contributed by atoms with E-state index in [4.69, 9.17) is 9.47 Å². The Bertz CT molecular complexity index is 736. The van der Waals surface area contributed by atoms with Crippen molar-refractivity contribution in [1.82, 2.24) is 0 Å². The van der Waals surface area contributed by atoms with Gasteiger partial charge in [0.1, 0.15) is 11.5 Å². The number of hydrogen-bond acceptors (Lipinski definition) is 3. The molecule has 3 atom stereocenters. The van der Waals surface area contributed by atoms with E-state index in [1.807, 2.05) is 18.2 Å². The molecule has 4 rings (SSSR count). The van der Waals surface area contributed by atoms with Crippen LogP contribution in [0.3, 0.4) is 0 Å². The maximum absolute atomic E-state index is 5.58. The Morgan fingerprint density at radius 1 is 1.00 bits per heavy atom. The molecule has 2 aliphatic rings. The van der Waals surface area contributed by atoms with Crippen molar-refractivity contribution in [2.45, 2.75) is 18.4 Å². The number of rotatable bonds is 3. The van der Waals surface area contributed by atoms with E-state index in [9.17, 15) is 0 Å². The molecule has 3 unspecified atom stereocenters. The molecule has 23 heavy (non-hydrogen) atoms. The van der Waals surface area contributed by atoms with Gasteiger partial charge in [0.05, 0.1) is 25.9 Å². The zero-order chi connectivity index (χ0) is 15.8. The van der Waals surface area contributed by atoms with Gasteiger partial charge in [-0.15, -0.1) is 0 Å². The number of para-hydroxylation sites is 1. The highest BCUT2D eigenvalue weighted by atomic mass is 16.5. The molecule has 2 aromatic rings. The van der Waals surface area contributed by atoms with Crippen LogP contribution in [-0.2, 0) is 0 Å². The van der Waals surface area contributed by atoms with E-state index < -0.39 is 0 Å². The summed E-state index contributed by atoms with van der Waals surface area (Å²) in [6.45, 7) is 0. The zero-order valence-electron chi connectivity index (χ0n) is 13.5. The minimum Gasteiger partial charge on any atom is -0.497 e. The normalized spacial score (nSPS) is 24.5. The number of hydrogen-bond donors (Lipinski definition) is 1. The standard InChI is InChI=1S/C20H21NO2/c1-22-14-11-9-13(10-12-14)19-16-6-3-5-15(16)17-7-4-8-18(23-2)20(17)21-19/h3-5,7-12,15-16,19,21H,6H2,1-2H3. The van der Waals surface area contributed by atoms with Gasteiger partial charge in [-0.1, -0.05) is 36.4 Å². The summed E-state index contributed by atoms with van der Waals surface area (Å²) in [5, 5.41) is 3.74. The van der Waals surface area contributed by atoms with Crippen molar-refractivity contribution in [2.75, 3.05) is 19.5 Å². The van der Waals surface area contributed by atoms with Gasteiger partial charge in [-0.05, 0) is 41.7 Å². The highest BCUT2D eigenvalue weighted by Crippen LogP contribution is 2.52. The molecule has 0 aromatic heterocycles. The summed E-state index contributed by atoms with van der Waals surface area (Å²) < 4.78 is 10.9. The molecule has 0 fully saturated rings. The number of nitrogens with one attached hydrogen (secondary N) is 1. The first-order valence-electron chi connectivity index (χ1n) is 8.06. The van der Waals surface area contributed by atoms with Crippen LogP contribution >= 0.6 is 0 Å². The number of ether oxygens (including phenoxy) is 2. The summed E-state index contributed by atoms with van der Waals surface area (Å²) in [6.07, 6.45) is 5.76. The Hall–Kier alpha value is -2.42. The van der Waals surface area contributed by atoms with E-state index in [0.717, 1.165) is 23.6 Å². The molecular weight excluding hydrogens is 286 g/mol. The summed E-state index contributed by atoms with van der Waals surface area (Å²) in [4.78, 5) is 0. The van der Waals surface area contributed by atoms with Crippen molar-refractivity contribution in [3.63, 3.8) is 0 Å². The van der Waals surface area contributed by atoms with Gasteiger partial charge in [0.2, 0.25) is 0 Å². The molecule has 1 N–H and O–H groups in total. The smallest absolute Gasteiger partial charge is 0.142 e. The van der Waals surface area contributed by atoms with E-state index in [2.05, 4.69) is 41.7 Å². The molecule has 0 spiro atoms. The van der Waals surface area contributed by atoms with Gasteiger partial charge in [0.15, 0.2) is 0 Å². The molecule has 1 heterocycles. The lowest BCUT2D eigenvalue weighted by molar-refractivity contribution is 0.396. The summed E-state index contributed by atoms with van der Waals surface area (Å²) in [5.74, 6) is 2.81. The van der Waals surface area contributed by atoms with Gasteiger partial charge in [0, 0.05) is 5.92 Å². The van der Waals surface area contributed by atoms with Crippen LogP contribution in [0.5, 0.6) is 11.5 Å². The molecular formula is C20H21NO2. The fourth-order valence-electron chi connectivity index (χ4n) is 3.90. The minimum atomic E-state index is 0.282. The predicted octanol–water partition coefficient (Wildman–Crippen LogP) is 4.53. The van der Waals surface area contributed by atoms with Crippen molar-refractivity contribution in [1.29, 1.82) is 0 Å². The van der Waals surface area contributed by atoms with Crippen LogP contribution < -0.4 is 14.8 Å². The Labute approximate surface area is 136 Å². The molecule has 0 saturated carbocycles. The predicted molar refractivity (Wildman–Crippen MR) is 92.3 cm³/mol. The van der Waals surface area contributed by atoms with Crippen LogP contribution in [-0.4, -0.2) is 14.2 Å². The summed E-state index contributed by atoms with van der Waals surface area (Å²) in [7, 11) is 3.43. The van der Waals surface area contributed by atoms with Crippen LogP contribution in [0, 0.1) is 5.92 Å². The molecule has 0 saturated heterocycles. The summed E-state index contributed by atoms with van der Waals surface area (Å²) >= 11 is 0. The average molecular weight is 307 g/mol. The Morgan fingerprint density at radius 2 is 1.83 bits per heavy atom. The molecule has 0 bridgehead atoms. The third-order valence-electron chi connectivity index (χ3n) is 5.05. The van der Waals surface area contributed by atoms with E-state index in [0.29, 0.717) is 11.8 Å². The van der Waals surface area contributed by atoms with Gasteiger partial charge in [-0.25, -0.2) is 0 Å². The SMILES string of the molecule is COc1ccc(C2Nc3c(OC)cccc3C3C=CCC32)cc1. The van der Waals surface area contributed by atoms with Gasteiger partial charge in [0.25, 0.3) is 0 Å². The Morgan fingerprint density at radius 3 is 2.57 bits per heavy atom. The fraction of sp³-hybridized carbons (Fsp3) is 0.300. The van der Waals surface area contributed by atoms with Crippen molar-refractivity contribution in [2.24, 2.45) is 5.92 Å². The Kier molecular flexibility index (Phi) is 3.49. The van der Waals surface area contributed by atoms with Crippen molar-refractivity contribution >= 4 is 5.69 Å². The van der Waals surface area contributed by atoms with Crippen LogP contribution in [0.15, 0.2) is 54.6 Å². The lowest BCUT2D eigenvalue weighted by Crippen LogP contribution is -2.29. The van der Waals surface area contributed by atoms with Crippen LogP contribution in [0.2, 0.25) is 0 Å². The first-order chi connectivity index (χ1) is 11.3. The van der Waals surface area contributed by atoms with E-state index >= 15 is 0 Å². The number of benzene rings is 2. The second-order valence-corrected chi connectivity index (χ2v) is 6.17. The highest BCUT2D eigenvalue weighted by molar-refractivity contribution is 5.67. The van der Waals surface area contributed by atoms with E-state index in [1.54, 1.807) is 14.2 Å². The first-order valence-corrected chi connectivity index (χ1v) is 8.06. The lowest BCUT2D eigenvalue weighted by atomic mass is 9.77. The average Bonchev–Trinajstić information content (AvgIpc) is 3.10. The molecule has 3 heteroatoms. The molecule has 3 nitrogen and oxygen atoms in total. The van der Waals surface area contributed by atoms with Gasteiger partial charge in [-0.3, -0.25) is 0 Å². The summed E-state index contributed by atoms with van der Waals surface area (Å²) in [6, 6.07) is 15.0. The quantitative estimate of drug-likeness (QED) is 0.845. The van der Waals surface area contributed by atoms with E-state index in [1.165, 1.54) is 11.1 Å². The Balaban J connectivity index is 1.77. The van der Waals surface area contributed by atoms with Crippen LogP contribution in [0.25, 0.3) is 0 Å². The third kappa shape index (κ3) is 2.27. The topological polar surface area (TPSA) is 30.5 Å². The highest BCUT2D eigenvalue weighted by Gasteiger charge is 2.38. The first kappa shape index (κ1) is 14.2. The maximum atomic E-state index is 5.58. The van der Waals surface area contributed by atoms with Crippen molar-refractivity contribution in [3.05, 3.63) is 65.7 Å². The van der Waals surface area contributed by atoms with Crippen LogP contribution in [0.4, 0.5) is 5.69 Å². The van der Waals surface area contributed by atoms with Crippen LogP contribution in [0.1, 0.15) is 29.5 Å². The zero-order valence-corrected chi connectivity index (χ0v) is 13.5. The molecule has 1 aliphatic heterocycles. The lowest BCUT2D eigenvalue weighted by Gasteiger charge is -2.38. The molecule has 118 valence electrons. The van der Waals surface area contributed by atoms with Crippen molar-refractivity contribution in [3.8, 4) is 11.5 Å². The van der Waals surface area contributed by atoms with Gasteiger partial charge >= 0.3 is 0 Å². The fourth-order valence-corrected chi connectivity index (χ4v) is 3.90. The summed E-state index contributed by atoms with van der Waals surface area (Å²) in [5.41, 5.74) is 3.76. The second kappa shape index (κ2) is 5.65. The number of anilines is 1. The third-order valence-corrected chi connectivity index (χ3v) is 5.05.